The Balaban J connectivity index is 2.18. The molecule has 0 saturated heterocycles. The zero-order valence-electron chi connectivity index (χ0n) is 13.5. The van der Waals surface area contributed by atoms with Crippen molar-refractivity contribution in [3.8, 4) is 11.5 Å². The fourth-order valence-corrected chi connectivity index (χ4v) is 2.48. The van der Waals surface area contributed by atoms with Gasteiger partial charge in [0.1, 0.15) is 0 Å². The molecular formula is C18H17Cl2NO3. The molecule has 0 saturated carbocycles. The first kappa shape index (κ1) is 18.2. The van der Waals surface area contributed by atoms with Crippen molar-refractivity contribution in [1.82, 2.24) is 0 Å². The molecule has 0 heterocycles. The van der Waals surface area contributed by atoms with Gasteiger partial charge in [0.25, 0.3) is 0 Å². The maximum atomic E-state index is 12.1. The topological polar surface area (TPSA) is 47.6 Å². The van der Waals surface area contributed by atoms with Crippen LogP contribution in [0, 0.1) is 6.92 Å². The molecule has 0 aliphatic rings. The van der Waals surface area contributed by atoms with Gasteiger partial charge in [0.15, 0.2) is 11.5 Å². The van der Waals surface area contributed by atoms with E-state index in [-0.39, 0.29) is 5.91 Å². The molecule has 126 valence electrons. The van der Waals surface area contributed by atoms with Crippen LogP contribution in [0.1, 0.15) is 11.1 Å². The van der Waals surface area contributed by atoms with Crippen molar-refractivity contribution in [3.05, 3.63) is 57.6 Å². The monoisotopic (exact) mass is 365 g/mol. The van der Waals surface area contributed by atoms with Gasteiger partial charge >= 0.3 is 0 Å². The average Bonchev–Trinajstić information content (AvgIpc) is 2.57. The van der Waals surface area contributed by atoms with Crippen LogP contribution in [0.2, 0.25) is 10.0 Å². The Kier molecular flexibility index (Phi) is 6.12. The van der Waals surface area contributed by atoms with Crippen LogP contribution < -0.4 is 14.8 Å². The first-order valence-electron chi connectivity index (χ1n) is 7.12. The number of amides is 1. The number of halogens is 2. The maximum Gasteiger partial charge on any atom is 0.248 e. The van der Waals surface area contributed by atoms with Gasteiger partial charge in [-0.25, -0.2) is 0 Å². The summed E-state index contributed by atoms with van der Waals surface area (Å²) in [6.07, 6.45) is 3.01. The lowest BCUT2D eigenvalue weighted by Gasteiger charge is -2.12. The molecule has 2 aromatic carbocycles. The van der Waals surface area contributed by atoms with E-state index in [1.165, 1.54) is 6.08 Å². The van der Waals surface area contributed by atoms with Crippen molar-refractivity contribution in [2.75, 3.05) is 19.5 Å². The minimum Gasteiger partial charge on any atom is -0.493 e. The Morgan fingerprint density at radius 2 is 1.79 bits per heavy atom. The lowest BCUT2D eigenvalue weighted by atomic mass is 10.1. The highest BCUT2D eigenvalue weighted by Gasteiger charge is 2.10. The SMILES string of the molecule is COc1cc(C)c(NC(=O)/C=C/c2cccc(Cl)c2Cl)cc1OC. The standard InChI is InChI=1S/C18H17Cl2NO3/c1-11-9-15(23-2)16(24-3)10-14(11)21-17(22)8-7-12-5-4-6-13(19)18(12)20/h4-10H,1-3H3,(H,21,22)/b8-7+. The summed E-state index contributed by atoms with van der Waals surface area (Å²) >= 11 is 12.0. The van der Waals surface area contributed by atoms with Crippen LogP contribution in [0.15, 0.2) is 36.4 Å². The number of methoxy groups -OCH3 is 2. The molecule has 0 fully saturated rings. The molecule has 0 aliphatic carbocycles. The summed E-state index contributed by atoms with van der Waals surface area (Å²) in [5.41, 5.74) is 2.16. The summed E-state index contributed by atoms with van der Waals surface area (Å²) in [6, 6.07) is 8.75. The fourth-order valence-electron chi connectivity index (χ4n) is 2.10. The number of rotatable bonds is 5. The second kappa shape index (κ2) is 8.08. The van der Waals surface area contributed by atoms with Crippen molar-refractivity contribution in [3.63, 3.8) is 0 Å². The number of nitrogens with one attached hydrogen (secondary N) is 1. The van der Waals surface area contributed by atoms with Gasteiger partial charge in [-0.05, 0) is 36.3 Å². The van der Waals surface area contributed by atoms with E-state index in [1.54, 1.807) is 50.6 Å². The number of aryl methyl sites for hydroxylation is 1. The summed E-state index contributed by atoms with van der Waals surface area (Å²) in [4.78, 5) is 12.1. The highest BCUT2D eigenvalue weighted by Crippen LogP contribution is 2.33. The fraction of sp³-hybridized carbons (Fsp3) is 0.167. The van der Waals surface area contributed by atoms with E-state index >= 15 is 0 Å². The summed E-state index contributed by atoms with van der Waals surface area (Å²) in [7, 11) is 3.10. The van der Waals surface area contributed by atoms with Crippen LogP contribution in [0.25, 0.3) is 6.08 Å². The van der Waals surface area contributed by atoms with Crippen LogP contribution in [0.4, 0.5) is 5.69 Å². The third kappa shape index (κ3) is 4.22. The van der Waals surface area contributed by atoms with Crippen LogP contribution in [-0.4, -0.2) is 20.1 Å². The Labute approximate surface area is 151 Å². The second-order valence-electron chi connectivity index (χ2n) is 4.99. The third-order valence-corrected chi connectivity index (χ3v) is 4.22. The van der Waals surface area contributed by atoms with Crippen LogP contribution in [0.3, 0.4) is 0 Å². The third-order valence-electron chi connectivity index (χ3n) is 3.38. The van der Waals surface area contributed by atoms with E-state index in [1.807, 2.05) is 6.92 Å². The van der Waals surface area contributed by atoms with E-state index in [9.17, 15) is 4.79 Å². The van der Waals surface area contributed by atoms with Crippen LogP contribution >= 0.6 is 23.2 Å². The van der Waals surface area contributed by atoms with E-state index in [4.69, 9.17) is 32.7 Å². The van der Waals surface area contributed by atoms with Crippen LogP contribution in [0.5, 0.6) is 11.5 Å². The van der Waals surface area contributed by atoms with Crippen molar-refractivity contribution < 1.29 is 14.3 Å². The van der Waals surface area contributed by atoms with E-state index in [2.05, 4.69) is 5.32 Å². The minimum absolute atomic E-state index is 0.290. The lowest BCUT2D eigenvalue weighted by molar-refractivity contribution is -0.111. The Morgan fingerprint density at radius 1 is 1.12 bits per heavy atom. The van der Waals surface area contributed by atoms with Crippen molar-refractivity contribution in [1.29, 1.82) is 0 Å². The predicted molar refractivity (Wildman–Crippen MR) is 98.4 cm³/mol. The summed E-state index contributed by atoms with van der Waals surface area (Å²) in [5.74, 6) is 0.857. The molecule has 0 aliphatic heterocycles. The molecular weight excluding hydrogens is 349 g/mol. The number of anilines is 1. The molecule has 2 rings (SSSR count). The first-order chi connectivity index (χ1) is 11.5. The molecule has 0 atom stereocenters. The summed E-state index contributed by atoms with van der Waals surface area (Å²) in [6.45, 7) is 1.87. The van der Waals surface area contributed by atoms with E-state index in [0.29, 0.717) is 32.8 Å². The number of ether oxygens (including phenoxy) is 2. The molecule has 0 bridgehead atoms. The smallest absolute Gasteiger partial charge is 0.248 e. The number of hydrogen-bond acceptors (Lipinski definition) is 3. The zero-order chi connectivity index (χ0) is 17.7. The predicted octanol–water partition coefficient (Wildman–Crippen LogP) is 4.97. The maximum absolute atomic E-state index is 12.1. The highest BCUT2D eigenvalue weighted by molar-refractivity contribution is 6.42. The van der Waals surface area contributed by atoms with Gasteiger partial charge in [-0.1, -0.05) is 35.3 Å². The highest BCUT2D eigenvalue weighted by atomic mass is 35.5. The second-order valence-corrected chi connectivity index (χ2v) is 5.77. The number of benzene rings is 2. The molecule has 0 aromatic heterocycles. The molecule has 0 spiro atoms. The molecule has 2 aromatic rings. The van der Waals surface area contributed by atoms with Gasteiger partial charge < -0.3 is 14.8 Å². The van der Waals surface area contributed by atoms with Crippen LogP contribution in [-0.2, 0) is 4.79 Å². The van der Waals surface area contributed by atoms with Gasteiger partial charge in [0.2, 0.25) is 5.91 Å². The molecule has 0 unspecified atom stereocenters. The first-order valence-corrected chi connectivity index (χ1v) is 7.87. The normalized spacial score (nSPS) is 10.7. The Morgan fingerprint density at radius 3 is 2.46 bits per heavy atom. The molecule has 4 nitrogen and oxygen atoms in total. The van der Waals surface area contributed by atoms with Gasteiger partial charge in [-0.3, -0.25) is 4.79 Å². The minimum atomic E-state index is -0.290. The van der Waals surface area contributed by atoms with E-state index < -0.39 is 0 Å². The Hall–Kier alpha value is -2.17. The lowest BCUT2D eigenvalue weighted by Crippen LogP contribution is -2.09. The quantitative estimate of drug-likeness (QED) is 0.760. The molecule has 1 N–H and O–H groups in total. The molecule has 0 radical (unpaired) electrons. The zero-order valence-corrected chi connectivity index (χ0v) is 15.0. The summed E-state index contributed by atoms with van der Waals surface area (Å²) in [5, 5.41) is 3.65. The average molecular weight is 366 g/mol. The molecule has 6 heteroatoms. The number of carbonyl (C=O) groups is 1. The van der Waals surface area contributed by atoms with Gasteiger partial charge in [0.05, 0.1) is 24.3 Å². The number of hydrogen-bond donors (Lipinski definition) is 1. The summed E-state index contributed by atoms with van der Waals surface area (Å²) < 4.78 is 10.5. The van der Waals surface area contributed by atoms with Gasteiger partial charge in [-0.15, -0.1) is 0 Å². The van der Waals surface area contributed by atoms with Gasteiger partial charge in [-0.2, -0.15) is 0 Å². The Bertz CT molecular complexity index is 788. The van der Waals surface area contributed by atoms with Crippen molar-refractivity contribution in [2.24, 2.45) is 0 Å². The largest absolute Gasteiger partial charge is 0.493 e. The number of carbonyl (C=O) groups excluding carboxylic acids is 1. The molecule has 1 amide bonds. The van der Waals surface area contributed by atoms with Crippen molar-refractivity contribution in [2.45, 2.75) is 6.92 Å². The van der Waals surface area contributed by atoms with Crippen molar-refractivity contribution >= 4 is 40.9 Å². The van der Waals surface area contributed by atoms with E-state index in [0.717, 1.165) is 5.56 Å². The molecule has 24 heavy (non-hydrogen) atoms. The van der Waals surface area contributed by atoms with Gasteiger partial charge in [0, 0.05) is 17.8 Å².